The van der Waals surface area contributed by atoms with Crippen LogP contribution in [0.3, 0.4) is 0 Å². The van der Waals surface area contributed by atoms with Crippen LogP contribution in [0.2, 0.25) is 0 Å². The van der Waals surface area contributed by atoms with E-state index < -0.39 is 10.8 Å². The maximum Gasteiger partial charge on any atom is 0.0560 e. The monoisotopic (exact) mass is 334 g/mol. The topological polar surface area (TPSA) is 17.1 Å². The maximum absolute atomic E-state index is 12.1. The Labute approximate surface area is 136 Å². The molecule has 20 heavy (non-hydrogen) atoms. The van der Waals surface area contributed by atoms with Crippen molar-refractivity contribution in [3.8, 4) is 0 Å². The summed E-state index contributed by atoms with van der Waals surface area (Å²) in [7, 11) is -0.767. The second-order valence-electron chi connectivity index (χ2n) is 5.78. The van der Waals surface area contributed by atoms with E-state index in [1.165, 1.54) is 50.5 Å². The van der Waals surface area contributed by atoms with E-state index in [2.05, 4.69) is 6.92 Å². The SMILES string of the molecule is C1CCCC1.Cc1ccc([S@](=O)C2CCCC2)cc1.[Fe]. The molecule has 0 spiro atoms. The van der Waals surface area contributed by atoms with Crippen molar-refractivity contribution in [1.29, 1.82) is 0 Å². The Morgan fingerprint density at radius 3 is 1.75 bits per heavy atom. The van der Waals surface area contributed by atoms with Crippen LogP contribution in [-0.4, -0.2) is 9.46 Å². The van der Waals surface area contributed by atoms with E-state index in [-0.39, 0.29) is 17.1 Å². The van der Waals surface area contributed by atoms with Gasteiger partial charge in [-0.25, -0.2) is 0 Å². The minimum atomic E-state index is -0.767. The van der Waals surface area contributed by atoms with Gasteiger partial charge < -0.3 is 0 Å². The van der Waals surface area contributed by atoms with E-state index in [1.54, 1.807) is 0 Å². The molecule has 2 aliphatic rings. The van der Waals surface area contributed by atoms with Gasteiger partial charge in [0.05, 0.1) is 10.8 Å². The standard InChI is InChI=1S/C12H16OS.C5H10.Fe/c1-10-6-8-12(9-7-10)14(13)11-4-2-3-5-11;1-2-4-5-3-1;/h6-9,11H,2-5H2,1H3;1-5H2;/t14-;;/m1../s1. The van der Waals surface area contributed by atoms with Crippen molar-refractivity contribution in [1.82, 2.24) is 0 Å². The first kappa shape index (κ1) is 17.9. The fraction of sp³-hybridized carbons (Fsp3) is 0.647. The number of rotatable bonds is 2. The molecule has 0 saturated heterocycles. The molecule has 114 valence electrons. The largest absolute Gasteiger partial charge is 0.254 e. The van der Waals surface area contributed by atoms with Crippen LogP contribution in [0.25, 0.3) is 0 Å². The molecular weight excluding hydrogens is 308 g/mol. The summed E-state index contributed by atoms with van der Waals surface area (Å²) in [5.74, 6) is 0. The first-order valence-corrected chi connectivity index (χ1v) is 8.96. The van der Waals surface area contributed by atoms with Gasteiger partial charge >= 0.3 is 0 Å². The zero-order valence-electron chi connectivity index (χ0n) is 12.4. The Morgan fingerprint density at radius 1 is 0.850 bits per heavy atom. The molecule has 0 heterocycles. The summed E-state index contributed by atoms with van der Waals surface area (Å²) >= 11 is 0. The number of hydrogen-bond donors (Lipinski definition) is 0. The molecule has 0 N–H and O–H groups in total. The molecule has 1 atom stereocenters. The molecule has 0 radical (unpaired) electrons. The fourth-order valence-electron chi connectivity index (χ4n) is 2.85. The third-order valence-corrected chi connectivity index (χ3v) is 5.92. The number of aryl methyl sites for hydroxylation is 1. The fourth-order valence-corrected chi connectivity index (χ4v) is 4.40. The van der Waals surface area contributed by atoms with Gasteiger partial charge in [0.15, 0.2) is 0 Å². The van der Waals surface area contributed by atoms with Crippen molar-refractivity contribution in [2.75, 3.05) is 0 Å². The summed E-state index contributed by atoms with van der Waals surface area (Å²) in [6, 6.07) is 8.10. The second-order valence-corrected chi connectivity index (χ2v) is 7.52. The Hall–Kier alpha value is -0.111. The van der Waals surface area contributed by atoms with Gasteiger partial charge in [-0.15, -0.1) is 0 Å². The molecule has 2 fully saturated rings. The summed E-state index contributed by atoms with van der Waals surface area (Å²) in [4.78, 5) is 1.00. The van der Waals surface area contributed by atoms with E-state index in [1.807, 2.05) is 24.3 Å². The van der Waals surface area contributed by atoms with Gasteiger partial charge in [-0.05, 0) is 31.9 Å². The first-order chi connectivity index (χ1) is 9.27. The predicted molar refractivity (Wildman–Crippen MR) is 82.9 cm³/mol. The van der Waals surface area contributed by atoms with Gasteiger partial charge in [0.25, 0.3) is 0 Å². The Bertz CT molecular complexity index is 384. The summed E-state index contributed by atoms with van der Waals surface area (Å²) < 4.78 is 12.1. The summed E-state index contributed by atoms with van der Waals surface area (Å²) in [5, 5.41) is 0.415. The molecule has 0 aliphatic heterocycles. The number of hydrogen-bond acceptors (Lipinski definition) is 1. The zero-order valence-corrected chi connectivity index (χ0v) is 14.3. The van der Waals surface area contributed by atoms with E-state index in [9.17, 15) is 4.21 Å². The molecule has 2 aliphatic carbocycles. The molecular formula is C17H26FeOS. The maximum atomic E-state index is 12.1. The van der Waals surface area contributed by atoms with Crippen molar-refractivity contribution >= 4 is 10.8 Å². The zero-order chi connectivity index (χ0) is 13.5. The van der Waals surface area contributed by atoms with Gasteiger partial charge in [-0.1, -0.05) is 62.6 Å². The Kier molecular flexibility index (Phi) is 8.75. The first-order valence-electron chi connectivity index (χ1n) is 7.74. The van der Waals surface area contributed by atoms with E-state index in [0.717, 1.165) is 17.7 Å². The molecule has 0 bridgehead atoms. The number of benzene rings is 1. The molecule has 3 rings (SSSR count). The summed E-state index contributed by atoms with van der Waals surface area (Å²) in [5.41, 5.74) is 1.23. The van der Waals surface area contributed by atoms with E-state index in [4.69, 9.17) is 0 Å². The van der Waals surface area contributed by atoms with Gasteiger partial charge in [-0.2, -0.15) is 0 Å². The normalized spacial score (nSPS) is 19.9. The van der Waals surface area contributed by atoms with Crippen molar-refractivity contribution in [3.63, 3.8) is 0 Å². The molecule has 1 aromatic carbocycles. The molecule has 3 heteroatoms. The average Bonchev–Trinajstić information content (AvgIpc) is 3.15. The minimum absolute atomic E-state index is 0. The van der Waals surface area contributed by atoms with E-state index in [0.29, 0.717) is 5.25 Å². The van der Waals surface area contributed by atoms with Crippen LogP contribution in [0, 0.1) is 6.92 Å². The van der Waals surface area contributed by atoms with Gasteiger partial charge in [0.2, 0.25) is 0 Å². The van der Waals surface area contributed by atoms with Gasteiger partial charge in [0.1, 0.15) is 0 Å². The van der Waals surface area contributed by atoms with Gasteiger partial charge in [-0.3, -0.25) is 4.21 Å². The Morgan fingerprint density at radius 2 is 1.30 bits per heavy atom. The molecule has 0 aromatic heterocycles. The quantitative estimate of drug-likeness (QED) is 0.696. The summed E-state index contributed by atoms with van der Waals surface area (Å²) in [6.45, 7) is 2.06. The molecule has 0 amide bonds. The van der Waals surface area contributed by atoms with Crippen molar-refractivity contribution in [2.24, 2.45) is 0 Å². The van der Waals surface area contributed by atoms with Crippen molar-refractivity contribution < 1.29 is 21.3 Å². The molecule has 1 aromatic rings. The molecule has 1 nitrogen and oxygen atoms in total. The van der Waals surface area contributed by atoms with Crippen LogP contribution in [0.4, 0.5) is 0 Å². The summed E-state index contributed by atoms with van der Waals surface area (Å²) in [6.07, 6.45) is 12.3. The van der Waals surface area contributed by atoms with Crippen LogP contribution in [0.1, 0.15) is 63.4 Å². The van der Waals surface area contributed by atoms with E-state index >= 15 is 0 Å². The van der Waals surface area contributed by atoms with Crippen LogP contribution in [0.5, 0.6) is 0 Å². The van der Waals surface area contributed by atoms with Crippen LogP contribution in [-0.2, 0) is 27.9 Å². The van der Waals surface area contributed by atoms with Crippen molar-refractivity contribution in [2.45, 2.75) is 74.9 Å². The smallest absolute Gasteiger partial charge is 0.0560 e. The third kappa shape index (κ3) is 5.71. The van der Waals surface area contributed by atoms with Crippen LogP contribution < -0.4 is 0 Å². The van der Waals surface area contributed by atoms with Crippen LogP contribution >= 0.6 is 0 Å². The minimum Gasteiger partial charge on any atom is -0.254 e. The third-order valence-electron chi connectivity index (χ3n) is 4.11. The van der Waals surface area contributed by atoms with Crippen molar-refractivity contribution in [3.05, 3.63) is 29.8 Å². The molecule has 0 unspecified atom stereocenters. The average molecular weight is 334 g/mol. The predicted octanol–water partition coefficient (Wildman–Crippen LogP) is 4.99. The van der Waals surface area contributed by atoms with Gasteiger partial charge in [0, 0.05) is 27.2 Å². The second kappa shape index (κ2) is 9.76. The van der Waals surface area contributed by atoms with Crippen LogP contribution in [0.15, 0.2) is 29.2 Å². The Balaban J connectivity index is 0.000000283. The molecule has 2 saturated carbocycles.